The fraction of sp³-hybridized carbons (Fsp3) is 0.500. The third-order valence-corrected chi connectivity index (χ3v) is 4.17. The predicted octanol–water partition coefficient (Wildman–Crippen LogP) is 1.65. The number of benzene rings is 1. The molecule has 0 aromatic heterocycles. The van der Waals surface area contributed by atoms with Gasteiger partial charge in [0.1, 0.15) is 11.6 Å². The minimum atomic E-state index is -4.01. The van der Waals surface area contributed by atoms with Crippen LogP contribution in [0.15, 0.2) is 23.1 Å². The van der Waals surface area contributed by atoms with Gasteiger partial charge in [-0.1, -0.05) is 13.8 Å². The van der Waals surface area contributed by atoms with E-state index >= 15 is 0 Å². The van der Waals surface area contributed by atoms with Crippen LogP contribution in [0, 0.1) is 17.6 Å². The van der Waals surface area contributed by atoms with E-state index in [2.05, 4.69) is 4.72 Å². The first-order valence-corrected chi connectivity index (χ1v) is 7.34. The Labute approximate surface area is 111 Å². The molecule has 7 heteroatoms. The minimum absolute atomic E-state index is 0.0552. The van der Waals surface area contributed by atoms with Crippen LogP contribution in [0.25, 0.3) is 0 Å². The summed E-state index contributed by atoms with van der Waals surface area (Å²) >= 11 is 0. The zero-order valence-electron chi connectivity index (χ0n) is 10.7. The normalized spacial score (nSPS) is 13.8. The lowest BCUT2D eigenvalue weighted by Gasteiger charge is -2.21. The van der Waals surface area contributed by atoms with Gasteiger partial charge in [0.25, 0.3) is 0 Å². The number of aliphatic hydroxyl groups excluding tert-OH is 1. The van der Waals surface area contributed by atoms with Crippen molar-refractivity contribution < 1.29 is 22.3 Å². The van der Waals surface area contributed by atoms with Crippen LogP contribution in [0.1, 0.15) is 20.3 Å². The van der Waals surface area contributed by atoms with Crippen LogP contribution in [0.2, 0.25) is 0 Å². The molecule has 0 fully saturated rings. The Hall–Kier alpha value is -1.05. The summed E-state index contributed by atoms with van der Waals surface area (Å²) in [6.45, 7) is 3.40. The van der Waals surface area contributed by atoms with Gasteiger partial charge in [-0.05, 0) is 24.5 Å². The highest BCUT2D eigenvalue weighted by atomic mass is 32.2. The second kappa shape index (κ2) is 6.40. The highest BCUT2D eigenvalue weighted by Gasteiger charge is 2.23. The third-order valence-electron chi connectivity index (χ3n) is 2.70. The van der Waals surface area contributed by atoms with Gasteiger partial charge >= 0.3 is 0 Å². The standard InChI is InChI=1S/C12H17F2NO3S/c1-8(2)12(3-4-16)15-19(17,18)11-6-9(13)5-10(14)7-11/h5-8,12,15-16H,3-4H2,1-2H3. The predicted molar refractivity (Wildman–Crippen MR) is 67.0 cm³/mol. The summed E-state index contributed by atoms with van der Waals surface area (Å²) in [5.41, 5.74) is 0. The molecule has 0 radical (unpaired) electrons. The van der Waals surface area contributed by atoms with Crippen molar-refractivity contribution in [3.8, 4) is 0 Å². The van der Waals surface area contributed by atoms with Crippen molar-refractivity contribution in [2.75, 3.05) is 6.61 Å². The van der Waals surface area contributed by atoms with Crippen LogP contribution in [-0.2, 0) is 10.0 Å². The highest BCUT2D eigenvalue weighted by Crippen LogP contribution is 2.16. The quantitative estimate of drug-likeness (QED) is 0.838. The van der Waals surface area contributed by atoms with E-state index in [1.807, 2.05) is 0 Å². The van der Waals surface area contributed by atoms with Crippen LogP contribution in [0.3, 0.4) is 0 Å². The van der Waals surface area contributed by atoms with Crippen LogP contribution in [0.5, 0.6) is 0 Å². The number of halogens is 2. The molecule has 0 aliphatic rings. The molecule has 0 aliphatic carbocycles. The number of nitrogens with one attached hydrogen (secondary N) is 1. The molecule has 1 unspecified atom stereocenters. The van der Waals surface area contributed by atoms with Gasteiger partial charge in [-0.15, -0.1) is 0 Å². The first-order valence-electron chi connectivity index (χ1n) is 5.85. The van der Waals surface area contributed by atoms with Crippen LogP contribution in [0.4, 0.5) is 8.78 Å². The van der Waals surface area contributed by atoms with E-state index in [9.17, 15) is 17.2 Å². The SMILES string of the molecule is CC(C)C(CCO)NS(=O)(=O)c1cc(F)cc(F)c1. The first-order chi connectivity index (χ1) is 8.76. The summed E-state index contributed by atoms with van der Waals surface area (Å²) in [7, 11) is -4.01. The van der Waals surface area contributed by atoms with Crippen molar-refractivity contribution in [2.45, 2.75) is 31.2 Å². The topological polar surface area (TPSA) is 66.4 Å². The number of sulfonamides is 1. The maximum absolute atomic E-state index is 13.0. The number of hydrogen-bond acceptors (Lipinski definition) is 3. The molecule has 0 amide bonds. The number of rotatable bonds is 6. The third kappa shape index (κ3) is 4.52. The lowest BCUT2D eigenvalue weighted by molar-refractivity contribution is 0.256. The van der Waals surface area contributed by atoms with Crippen molar-refractivity contribution in [2.24, 2.45) is 5.92 Å². The fourth-order valence-electron chi connectivity index (χ4n) is 1.62. The Morgan fingerprint density at radius 1 is 1.21 bits per heavy atom. The van der Waals surface area contributed by atoms with Gasteiger partial charge in [-0.3, -0.25) is 0 Å². The Morgan fingerprint density at radius 3 is 2.16 bits per heavy atom. The Morgan fingerprint density at radius 2 is 1.74 bits per heavy atom. The van der Waals surface area contributed by atoms with Gasteiger partial charge in [0.05, 0.1) is 4.90 Å². The number of hydrogen-bond donors (Lipinski definition) is 2. The second-order valence-electron chi connectivity index (χ2n) is 4.59. The number of aliphatic hydroxyl groups is 1. The molecule has 0 saturated carbocycles. The monoisotopic (exact) mass is 293 g/mol. The Kier molecular flexibility index (Phi) is 5.39. The average molecular weight is 293 g/mol. The van der Waals surface area contributed by atoms with E-state index in [-0.39, 0.29) is 18.9 Å². The van der Waals surface area contributed by atoms with E-state index < -0.39 is 32.6 Å². The van der Waals surface area contributed by atoms with Crippen LogP contribution < -0.4 is 4.72 Å². The second-order valence-corrected chi connectivity index (χ2v) is 6.30. The fourth-order valence-corrected chi connectivity index (χ4v) is 3.08. The lowest BCUT2D eigenvalue weighted by atomic mass is 10.0. The van der Waals surface area contributed by atoms with Crippen molar-refractivity contribution in [1.29, 1.82) is 0 Å². The summed E-state index contributed by atoms with van der Waals surface area (Å²) in [5.74, 6) is -1.97. The zero-order valence-corrected chi connectivity index (χ0v) is 11.5. The smallest absolute Gasteiger partial charge is 0.241 e. The van der Waals surface area contributed by atoms with E-state index in [1.54, 1.807) is 13.8 Å². The maximum Gasteiger partial charge on any atom is 0.241 e. The average Bonchev–Trinajstić information content (AvgIpc) is 2.26. The van der Waals surface area contributed by atoms with E-state index in [0.717, 1.165) is 12.1 Å². The summed E-state index contributed by atoms with van der Waals surface area (Å²) in [4.78, 5) is -0.464. The van der Waals surface area contributed by atoms with Crippen LogP contribution in [-0.4, -0.2) is 26.2 Å². The van der Waals surface area contributed by atoms with Gasteiger partial charge in [-0.25, -0.2) is 21.9 Å². The molecule has 0 spiro atoms. The molecule has 1 aromatic rings. The molecular weight excluding hydrogens is 276 g/mol. The van der Waals surface area contributed by atoms with Crippen molar-refractivity contribution in [3.63, 3.8) is 0 Å². The van der Waals surface area contributed by atoms with Gasteiger partial charge in [0, 0.05) is 18.7 Å². The molecule has 0 saturated heterocycles. The van der Waals surface area contributed by atoms with Gasteiger partial charge < -0.3 is 5.11 Å². The van der Waals surface area contributed by atoms with Crippen LogP contribution >= 0.6 is 0 Å². The summed E-state index contributed by atoms with van der Waals surface area (Å²) in [6.07, 6.45) is 0.231. The molecule has 0 bridgehead atoms. The van der Waals surface area contributed by atoms with Crippen molar-refractivity contribution in [3.05, 3.63) is 29.8 Å². The van der Waals surface area contributed by atoms with E-state index in [1.165, 1.54) is 0 Å². The van der Waals surface area contributed by atoms with E-state index in [4.69, 9.17) is 5.11 Å². The molecule has 0 heterocycles. The summed E-state index contributed by atoms with van der Waals surface area (Å²) in [5, 5.41) is 8.89. The Bertz CT molecular complexity index is 512. The summed E-state index contributed by atoms with van der Waals surface area (Å²) in [6, 6.07) is 1.61. The maximum atomic E-state index is 13.0. The molecule has 2 N–H and O–H groups in total. The molecule has 19 heavy (non-hydrogen) atoms. The molecule has 0 aliphatic heterocycles. The van der Waals surface area contributed by atoms with Crippen molar-refractivity contribution >= 4 is 10.0 Å². The summed E-state index contributed by atoms with van der Waals surface area (Å²) < 4.78 is 52.4. The molecular formula is C12H17F2NO3S. The van der Waals surface area contributed by atoms with Gasteiger partial charge in [-0.2, -0.15) is 0 Å². The van der Waals surface area contributed by atoms with E-state index in [0.29, 0.717) is 6.07 Å². The van der Waals surface area contributed by atoms with Crippen molar-refractivity contribution in [1.82, 2.24) is 4.72 Å². The molecule has 4 nitrogen and oxygen atoms in total. The zero-order chi connectivity index (χ0) is 14.6. The molecule has 1 rings (SSSR count). The van der Waals surface area contributed by atoms with Gasteiger partial charge in [0.15, 0.2) is 0 Å². The highest BCUT2D eigenvalue weighted by molar-refractivity contribution is 7.89. The first kappa shape index (κ1) is 16.0. The molecule has 1 atom stereocenters. The lowest BCUT2D eigenvalue weighted by Crippen LogP contribution is -2.39. The Balaban J connectivity index is 3.03. The van der Waals surface area contributed by atoms with Gasteiger partial charge in [0.2, 0.25) is 10.0 Å². The molecule has 1 aromatic carbocycles. The minimum Gasteiger partial charge on any atom is -0.396 e. The molecule has 108 valence electrons. The largest absolute Gasteiger partial charge is 0.396 e.